The number of ketones is 3. The molecule has 192 valence electrons. The Morgan fingerprint density at radius 3 is 1.22 bits per heavy atom. The molecule has 0 unspecified atom stereocenters. The van der Waals surface area contributed by atoms with Gasteiger partial charge < -0.3 is 14.6 Å². The van der Waals surface area contributed by atoms with Gasteiger partial charge in [-0.25, -0.2) is 0 Å². The minimum atomic E-state index is -0.611. The van der Waals surface area contributed by atoms with Crippen LogP contribution >= 0.6 is 15.9 Å². The molecule has 0 amide bonds. The highest BCUT2D eigenvalue weighted by atomic mass is 79.9. The Labute approximate surface area is 204 Å². The lowest BCUT2D eigenvalue weighted by Gasteiger charge is -2.01. The first-order valence-corrected chi connectivity index (χ1v) is 15.6. The number of hydrogen-bond acceptors (Lipinski definition) is 8. The smallest absolute Gasteiger partial charge is 0.302 e. The summed E-state index contributed by atoms with van der Waals surface area (Å²) >= 11 is 2.99. The van der Waals surface area contributed by atoms with Crippen LogP contribution in [0.4, 0.5) is 0 Å². The Bertz CT molecular complexity index is 483. The van der Waals surface area contributed by atoms with E-state index < -0.39 is 8.07 Å². The third-order valence-electron chi connectivity index (χ3n) is 2.06. The van der Waals surface area contributed by atoms with Crippen LogP contribution in [-0.2, 0) is 33.4 Å². The predicted molar refractivity (Wildman–Crippen MR) is 135 cm³/mol. The molecular weight excluding hydrogens is 500 g/mol. The lowest BCUT2D eigenvalue weighted by molar-refractivity contribution is -0.142. The third-order valence-corrected chi connectivity index (χ3v) is 2.68. The molecule has 0 radical (unpaired) electrons. The maximum Gasteiger partial charge on any atom is 0.302 e. The van der Waals surface area contributed by atoms with E-state index in [1.165, 1.54) is 27.7 Å². The second-order valence-corrected chi connectivity index (χ2v) is 14.3. The number of alkyl halides is 1. The standard InChI is InChI=1S/C6H9BrO3.C6H10O3.C4H8O2.C4H12Si.C2H6/c1-5(8)10-3-2-6(9)4-7;1-5(7)3-4-9-6(2)8;1-4(6)2-3-5;1-5(2,3)4;1-2/h2-4H2,1H3;3-4H2,1-2H3;5H,2-3H2,1H3;1-4H3;1-2H3. The van der Waals surface area contributed by atoms with Crippen LogP contribution in [0.1, 0.15) is 60.8 Å². The Morgan fingerprint density at radius 1 is 0.719 bits per heavy atom. The van der Waals surface area contributed by atoms with Gasteiger partial charge in [-0.1, -0.05) is 56.0 Å². The van der Waals surface area contributed by atoms with E-state index in [9.17, 15) is 24.0 Å². The van der Waals surface area contributed by atoms with Crippen molar-refractivity contribution in [2.24, 2.45) is 0 Å². The van der Waals surface area contributed by atoms with E-state index in [0.717, 1.165) is 0 Å². The van der Waals surface area contributed by atoms with Crippen LogP contribution in [0, 0.1) is 0 Å². The molecule has 8 nitrogen and oxygen atoms in total. The van der Waals surface area contributed by atoms with Gasteiger partial charge in [-0.3, -0.25) is 24.0 Å². The van der Waals surface area contributed by atoms with Crippen LogP contribution in [-0.4, -0.2) is 67.6 Å². The molecule has 0 aliphatic heterocycles. The molecule has 0 saturated heterocycles. The Balaban J connectivity index is -0.000000102. The van der Waals surface area contributed by atoms with Gasteiger partial charge in [0.2, 0.25) is 0 Å². The summed E-state index contributed by atoms with van der Waals surface area (Å²) in [5.74, 6) is -0.561. The first-order chi connectivity index (χ1) is 14.6. The molecule has 0 aromatic rings. The zero-order valence-corrected chi connectivity index (χ0v) is 24.2. The highest BCUT2D eigenvalue weighted by molar-refractivity contribution is 9.09. The quantitative estimate of drug-likeness (QED) is 0.257. The van der Waals surface area contributed by atoms with Crippen molar-refractivity contribution in [2.75, 3.05) is 25.2 Å². The van der Waals surface area contributed by atoms with Gasteiger partial charge in [0.25, 0.3) is 0 Å². The number of ether oxygens (including phenoxy) is 2. The highest BCUT2D eigenvalue weighted by Crippen LogP contribution is 1.94. The monoisotopic (exact) mass is 544 g/mol. The minimum absolute atomic E-state index is 0.0185. The van der Waals surface area contributed by atoms with Crippen molar-refractivity contribution in [1.29, 1.82) is 0 Å². The number of esters is 2. The Hall–Kier alpha value is -1.39. The van der Waals surface area contributed by atoms with E-state index in [1.807, 2.05) is 13.8 Å². The SMILES string of the molecule is CC.CC(=O)CCO.CC(=O)CCOC(C)=O.CC(=O)OCCC(=O)CBr.C[Si](C)(C)C. The van der Waals surface area contributed by atoms with Gasteiger partial charge in [0.1, 0.15) is 17.3 Å². The second kappa shape index (κ2) is 29.6. The van der Waals surface area contributed by atoms with Crippen molar-refractivity contribution in [1.82, 2.24) is 0 Å². The summed E-state index contributed by atoms with van der Waals surface area (Å²) in [4.78, 5) is 50.9. The second-order valence-electron chi connectivity index (χ2n) is 7.73. The summed E-state index contributed by atoms with van der Waals surface area (Å²) in [7, 11) is -0.611. The van der Waals surface area contributed by atoms with Crippen LogP contribution < -0.4 is 0 Å². The molecule has 0 heterocycles. The summed E-state index contributed by atoms with van der Waals surface area (Å²) in [5, 5.41) is 8.34. The first kappa shape index (κ1) is 40.9. The fourth-order valence-electron chi connectivity index (χ4n) is 0.871. The molecule has 0 rings (SSSR count). The molecule has 0 aromatic carbocycles. The topological polar surface area (TPSA) is 124 Å². The molecule has 0 aliphatic carbocycles. The van der Waals surface area contributed by atoms with Crippen LogP contribution in [0.15, 0.2) is 0 Å². The molecule has 32 heavy (non-hydrogen) atoms. The normalized spacial score (nSPS) is 8.88. The lowest BCUT2D eigenvalue weighted by atomic mass is 10.3. The van der Waals surface area contributed by atoms with Crippen molar-refractivity contribution in [3.05, 3.63) is 0 Å². The Morgan fingerprint density at radius 2 is 1.03 bits per heavy atom. The number of rotatable bonds is 9. The summed E-state index contributed by atoms with van der Waals surface area (Å²) in [6.45, 7) is 19.2. The maximum absolute atomic E-state index is 10.6. The first-order valence-electron chi connectivity index (χ1n) is 10.5. The zero-order valence-electron chi connectivity index (χ0n) is 21.6. The summed E-state index contributed by atoms with van der Waals surface area (Å²) in [5.41, 5.74) is 0. The van der Waals surface area contributed by atoms with E-state index >= 15 is 0 Å². The van der Waals surface area contributed by atoms with Crippen LogP contribution in [0.3, 0.4) is 0 Å². The fourth-order valence-corrected chi connectivity index (χ4v) is 1.15. The van der Waals surface area contributed by atoms with Gasteiger partial charge in [0, 0.05) is 47.8 Å². The van der Waals surface area contributed by atoms with Gasteiger partial charge in [0.05, 0.1) is 18.5 Å². The van der Waals surface area contributed by atoms with Crippen LogP contribution in [0.2, 0.25) is 26.2 Å². The van der Waals surface area contributed by atoms with Gasteiger partial charge in [-0.05, 0) is 13.8 Å². The largest absolute Gasteiger partial charge is 0.465 e. The zero-order chi connectivity index (χ0) is 26.8. The molecule has 1 N–H and O–H groups in total. The van der Waals surface area contributed by atoms with Gasteiger partial charge in [-0.15, -0.1) is 0 Å². The van der Waals surface area contributed by atoms with E-state index in [-0.39, 0.29) is 49.1 Å². The van der Waals surface area contributed by atoms with Crippen molar-refractivity contribution >= 4 is 53.3 Å². The number of aliphatic hydroxyl groups excluding tert-OH is 1. The average Bonchev–Trinajstić information content (AvgIpc) is 2.62. The number of carbonyl (C=O) groups excluding carboxylic acids is 5. The molecule has 0 aromatic heterocycles. The predicted octanol–water partition coefficient (Wildman–Crippen LogP) is 4.37. The average molecular weight is 546 g/mol. The maximum atomic E-state index is 10.6. The highest BCUT2D eigenvalue weighted by Gasteiger charge is 2.00. The molecular formula is C22H45BrO8Si. The van der Waals surface area contributed by atoms with Crippen molar-refractivity contribution in [2.45, 2.75) is 87.0 Å². The number of aliphatic hydroxyl groups is 1. The number of hydrogen-bond donors (Lipinski definition) is 1. The van der Waals surface area contributed by atoms with E-state index in [4.69, 9.17) is 5.11 Å². The van der Waals surface area contributed by atoms with Crippen molar-refractivity contribution < 1.29 is 38.6 Å². The van der Waals surface area contributed by atoms with E-state index in [0.29, 0.717) is 24.6 Å². The van der Waals surface area contributed by atoms with Crippen molar-refractivity contribution in [3.8, 4) is 0 Å². The molecule has 0 spiro atoms. The van der Waals surface area contributed by atoms with Gasteiger partial charge >= 0.3 is 11.9 Å². The lowest BCUT2D eigenvalue weighted by Crippen LogP contribution is -2.10. The summed E-state index contributed by atoms with van der Waals surface area (Å²) in [6.07, 6.45) is 0.907. The van der Waals surface area contributed by atoms with Crippen molar-refractivity contribution in [3.63, 3.8) is 0 Å². The molecule has 0 bridgehead atoms. The molecule has 0 atom stereocenters. The summed E-state index contributed by atoms with van der Waals surface area (Å²) < 4.78 is 9.03. The van der Waals surface area contributed by atoms with Gasteiger partial charge in [-0.2, -0.15) is 0 Å². The van der Waals surface area contributed by atoms with Crippen LogP contribution in [0.25, 0.3) is 0 Å². The number of Topliss-reactive ketones (excluding diaryl/α,β-unsaturated/α-hetero) is 3. The molecule has 0 aliphatic rings. The third kappa shape index (κ3) is 89.5. The fraction of sp³-hybridized carbons (Fsp3) is 0.773. The number of halogens is 1. The minimum Gasteiger partial charge on any atom is -0.465 e. The number of carbonyl (C=O) groups is 5. The van der Waals surface area contributed by atoms with Gasteiger partial charge in [0.15, 0.2) is 0 Å². The molecule has 0 fully saturated rings. The van der Waals surface area contributed by atoms with E-state index in [2.05, 4.69) is 51.6 Å². The molecule has 10 heteroatoms. The van der Waals surface area contributed by atoms with Crippen LogP contribution in [0.5, 0.6) is 0 Å². The Kier molecular flexibility index (Phi) is 37.9. The summed E-state index contributed by atoms with van der Waals surface area (Å²) in [6, 6.07) is 0. The molecule has 0 saturated carbocycles. The van der Waals surface area contributed by atoms with E-state index in [1.54, 1.807) is 0 Å².